The van der Waals surface area contributed by atoms with Crippen LogP contribution in [0.15, 0.2) is 29.1 Å². The van der Waals surface area contributed by atoms with Crippen LogP contribution in [0.1, 0.15) is 6.42 Å². The number of aryl methyl sites for hydroxylation is 1. The number of nitrogens with zero attached hydrogens (tertiary/aromatic N) is 2. The van der Waals surface area contributed by atoms with Crippen molar-refractivity contribution in [3.63, 3.8) is 0 Å². The fraction of sp³-hybridized carbons (Fsp3) is 0.250. The highest BCUT2D eigenvalue weighted by Crippen LogP contribution is 2.35. The van der Waals surface area contributed by atoms with Crippen LogP contribution in [0.4, 0.5) is 5.69 Å². The largest absolute Gasteiger partial charge is 0.503 e. The minimum absolute atomic E-state index is 0.00850. The molecule has 3 N–H and O–H groups in total. The van der Waals surface area contributed by atoms with Crippen molar-refractivity contribution >= 4 is 24.2 Å². The summed E-state index contributed by atoms with van der Waals surface area (Å²) >= 11 is 0. The number of fused-ring (bicyclic) bond motifs is 1. The molecule has 0 aliphatic heterocycles. The Hall–Kier alpha value is -2.22. The molecule has 22 heavy (non-hydrogen) atoms. The molecule has 118 valence electrons. The number of aromatic nitrogens is 1. The van der Waals surface area contributed by atoms with E-state index in [0.717, 1.165) is 4.57 Å². The fourth-order valence-corrected chi connectivity index (χ4v) is 2.67. The molecule has 0 aliphatic rings. The van der Waals surface area contributed by atoms with Crippen molar-refractivity contribution in [1.82, 2.24) is 4.57 Å². The lowest BCUT2D eigenvalue weighted by Gasteiger charge is -2.11. The van der Waals surface area contributed by atoms with Gasteiger partial charge in [0.2, 0.25) is 0 Å². The van der Waals surface area contributed by atoms with Gasteiger partial charge in [-0.2, -0.15) is 0 Å². The summed E-state index contributed by atoms with van der Waals surface area (Å²) < 4.78 is 11.9. The van der Waals surface area contributed by atoms with Crippen LogP contribution in [0, 0.1) is 10.1 Å². The average Bonchev–Trinajstić information content (AvgIpc) is 2.41. The number of non-ortho nitro benzene ring substituents is 1. The van der Waals surface area contributed by atoms with Gasteiger partial charge in [0.1, 0.15) is 0 Å². The lowest BCUT2D eigenvalue weighted by molar-refractivity contribution is -0.384. The topological polar surface area (TPSA) is 143 Å². The van der Waals surface area contributed by atoms with Gasteiger partial charge < -0.3 is 19.5 Å². The number of rotatable bonds is 5. The molecule has 0 atom stereocenters. The number of aromatic hydroxyl groups is 1. The van der Waals surface area contributed by atoms with Crippen molar-refractivity contribution in [2.75, 3.05) is 6.16 Å². The molecule has 0 radical (unpaired) electrons. The molecular weight excluding hydrogens is 315 g/mol. The first-order valence-electron chi connectivity index (χ1n) is 6.24. The molecule has 9 nitrogen and oxygen atoms in total. The van der Waals surface area contributed by atoms with Crippen molar-refractivity contribution in [3.8, 4) is 5.75 Å². The third-order valence-corrected chi connectivity index (χ3v) is 4.00. The van der Waals surface area contributed by atoms with E-state index in [9.17, 15) is 24.6 Å². The van der Waals surface area contributed by atoms with E-state index in [1.807, 2.05) is 0 Å². The smallest absolute Gasteiger partial charge is 0.325 e. The Morgan fingerprint density at radius 2 is 1.95 bits per heavy atom. The van der Waals surface area contributed by atoms with Crippen molar-refractivity contribution in [3.05, 3.63) is 44.7 Å². The van der Waals surface area contributed by atoms with Crippen LogP contribution in [0.3, 0.4) is 0 Å². The van der Waals surface area contributed by atoms with E-state index in [1.165, 1.54) is 24.3 Å². The van der Waals surface area contributed by atoms with Gasteiger partial charge in [0, 0.05) is 24.1 Å². The number of pyridine rings is 1. The van der Waals surface area contributed by atoms with E-state index in [2.05, 4.69) is 0 Å². The number of nitro groups is 1. The Kier molecular flexibility index (Phi) is 4.32. The maximum atomic E-state index is 12.0. The third-order valence-electron chi connectivity index (χ3n) is 3.10. The van der Waals surface area contributed by atoms with Crippen LogP contribution in [0.25, 0.3) is 10.9 Å². The molecule has 1 aromatic heterocycles. The minimum atomic E-state index is -4.20. The van der Waals surface area contributed by atoms with Crippen LogP contribution in [0.5, 0.6) is 5.75 Å². The van der Waals surface area contributed by atoms with Crippen molar-refractivity contribution < 1.29 is 24.4 Å². The molecule has 2 aromatic rings. The summed E-state index contributed by atoms with van der Waals surface area (Å²) in [5, 5.41) is 20.8. The summed E-state index contributed by atoms with van der Waals surface area (Å²) in [5.74, 6) is -0.530. The molecule has 2 rings (SSSR count). The summed E-state index contributed by atoms with van der Waals surface area (Å²) in [6, 6.07) is 5.02. The zero-order valence-corrected chi connectivity index (χ0v) is 12.1. The first-order valence-corrected chi connectivity index (χ1v) is 8.04. The summed E-state index contributed by atoms with van der Waals surface area (Å²) in [6.07, 6.45) is -0.434. The standard InChI is InChI=1S/C12H13N2O7P/c15-11-6-8-2-3-9(14(17)18)7-10(8)13(12(11)16)4-1-5-22(19,20)21/h2-3,6-7,15H,1,4-5H2,(H2,19,20,21). The fourth-order valence-electron chi connectivity index (χ4n) is 2.11. The highest BCUT2D eigenvalue weighted by molar-refractivity contribution is 7.51. The first-order chi connectivity index (χ1) is 10.2. The molecule has 0 bridgehead atoms. The maximum Gasteiger partial charge on any atom is 0.325 e. The van der Waals surface area contributed by atoms with E-state index in [1.54, 1.807) is 0 Å². The monoisotopic (exact) mass is 328 g/mol. The Bertz CT molecular complexity index is 839. The second kappa shape index (κ2) is 5.88. The Balaban J connectivity index is 2.51. The zero-order valence-electron chi connectivity index (χ0n) is 11.2. The molecule has 1 aromatic carbocycles. The number of benzene rings is 1. The van der Waals surface area contributed by atoms with Gasteiger partial charge in [-0.3, -0.25) is 19.5 Å². The van der Waals surface area contributed by atoms with Crippen LogP contribution >= 0.6 is 7.60 Å². The second-order valence-corrected chi connectivity index (χ2v) is 6.51. The van der Waals surface area contributed by atoms with Gasteiger partial charge in [-0.05, 0) is 18.6 Å². The summed E-state index contributed by atoms with van der Waals surface area (Å²) in [7, 11) is -4.20. The molecule has 10 heteroatoms. The van der Waals surface area contributed by atoms with Crippen LogP contribution in [-0.4, -0.2) is 30.5 Å². The Morgan fingerprint density at radius 1 is 1.27 bits per heavy atom. The molecule has 0 saturated heterocycles. The summed E-state index contributed by atoms with van der Waals surface area (Å²) in [4.78, 5) is 39.8. The van der Waals surface area contributed by atoms with E-state index in [-0.39, 0.29) is 24.2 Å². The normalized spacial score (nSPS) is 11.7. The molecule has 0 fully saturated rings. The highest BCUT2D eigenvalue weighted by Gasteiger charge is 2.15. The zero-order chi connectivity index (χ0) is 16.5. The lowest BCUT2D eigenvalue weighted by Crippen LogP contribution is -2.20. The van der Waals surface area contributed by atoms with Crippen molar-refractivity contribution in [1.29, 1.82) is 0 Å². The van der Waals surface area contributed by atoms with Gasteiger partial charge in [-0.1, -0.05) is 0 Å². The molecule has 0 amide bonds. The van der Waals surface area contributed by atoms with Crippen LogP contribution in [-0.2, 0) is 11.1 Å². The number of hydrogen-bond donors (Lipinski definition) is 3. The van der Waals surface area contributed by atoms with Gasteiger partial charge >= 0.3 is 7.60 Å². The maximum absolute atomic E-state index is 12.0. The SMILES string of the molecule is O=c1c(O)cc2ccc([N+](=O)[O-])cc2n1CCCP(=O)(O)O. The molecule has 0 unspecified atom stereocenters. The summed E-state index contributed by atoms with van der Waals surface area (Å²) in [6.45, 7) is -0.0734. The van der Waals surface area contributed by atoms with Gasteiger partial charge in [0.15, 0.2) is 5.75 Å². The van der Waals surface area contributed by atoms with Gasteiger partial charge in [0.05, 0.1) is 16.6 Å². The Labute approximate surface area is 123 Å². The van der Waals surface area contributed by atoms with E-state index < -0.39 is 30.0 Å². The van der Waals surface area contributed by atoms with E-state index >= 15 is 0 Å². The third kappa shape index (κ3) is 3.51. The summed E-state index contributed by atoms with van der Waals surface area (Å²) in [5.41, 5.74) is -0.761. The highest BCUT2D eigenvalue weighted by atomic mass is 31.2. The van der Waals surface area contributed by atoms with Gasteiger partial charge in [0.25, 0.3) is 11.2 Å². The van der Waals surface area contributed by atoms with Crippen molar-refractivity contribution in [2.24, 2.45) is 0 Å². The van der Waals surface area contributed by atoms with Crippen LogP contribution in [0.2, 0.25) is 0 Å². The van der Waals surface area contributed by atoms with Gasteiger partial charge in [-0.15, -0.1) is 0 Å². The van der Waals surface area contributed by atoms with E-state index in [0.29, 0.717) is 5.39 Å². The Morgan fingerprint density at radius 3 is 2.55 bits per heavy atom. The van der Waals surface area contributed by atoms with Crippen molar-refractivity contribution in [2.45, 2.75) is 13.0 Å². The van der Waals surface area contributed by atoms with E-state index in [4.69, 9.17) is 9.79 Å². The molecular formula is C12H13N2O7P. The number of hydrogen-bond acceptors (Lipinski definition) is 5. The lowest BCUT2D eigenvalue weighted by atomic mass is 10.2. The molecule has 0 saturated carbocycles. The minimum Gasteiger partial charge on any atom is -0.503 e. The molecule has 1 heterocycles. The first kappa shape index (κ1) is 16.2. The molecule has 0 spiro atoms. The predicted octanol–water partition coefficient (Wildman–Crippen LogP) is 1.18. The predicted molar refractivity (Wildman–Crippen MR) is 78.1 cm³/mol. The average molecular weight is 328 g/mol. The van der Waals surface area contributed by atoms with Crippen LogP contribution < -0.4 is 5.56 Å². The number of nitro benzene ring substituents is 1. The molecule has 0 aliphatic carbocycles. The van der Waals surface area contributed by atoms with Gasteiger partial charge in [-0.25, -0.2) is 0 Å². The quantitative estimate of drug-likeness (QED) is 0.425. The second-order valence-electron chi connectivity index (χ2n) is 4.73.